The minimum absolute atomic E-state index is 0. The number of phosphoric acid groups is 1. The van der Waals surface area contributed by atoms with Gasteiger partial charge in [0.05, 0.1) is 12.7 Å². The molecule has 0 saturated heterocycles. The van der Waals surface area contributed by atoms with E-state index in [-0.39, 0.29) is 63.2 Å². The smallest absolute Gasteiger partial charge is 1.00 e. The third-order valence-electron chi connectivity index (χ3n) is 0.408. The van der Waals surface area contributed by atoms with Gasteiger partial charge in [0, 0.05) is 23.6 Å². The standard InChI is InChI=1S/C4H10O2.Ca.Ni.H3O4P.2H/c1-4(5)3-6-2;;;1-5(2,3)4;;/h4-5H,3H2,1-2H3;;;(H3,1,2,3,4);;/q;+2;;;2*-1. The van der Waals surface area contributed by atoms with Gasteiger partial charge in [0.1, 0.15) is 0 Å². The summed E-state index contributed by atoms with van der Waals surface area (Å²) >= 11 is 0. The van der Waals surface area contributed by atoms with Gasteiger partial charge in [0.2, 0.25) is 0 Å². The van der Waals surface area contributed by atoms with Crippen molar-refractivity contribution in [1.82, 2.24) is 0 Å². The Balaban J connectivity index is -0.0000000215. The van der Waals surface area contributed by atoms with E-state index in [2.05, 4.69) is 4.74 Å². The van der Waals surface area contributed by atoms with Crippen LogP contribution in [-0.2, 0) is 25.8 Å². The van der Waals surface area contributed by atoms with E-state index < -0.39 is 7.82 Å². The number of aliphatic hydroxyl groups is 1. The van der Waals surface area contributed by atoms with Crippen molar-refractivity contribution in [1.29, 1.82) is 0 Å². The molecular formula is C4H15CaNiO6P. The maximum absolute atomic E-state index is 8.88. The van der Waals surface area contributed by atoms with E-state index in [0.717, 1.165) is 0 Å². The fraction of sp³-hybridized carbons (Fsp3) is 1.00. The summed E-state index contributed by atoms with van der Waals surface area (Å²) in [6.45, 7) is 2.11. The summed E-state index contributed by atoms with van der Waals surface area (Å²) in [6.07, 6.45) is -0.324. The summed E-state index contributed by atoms with van der Waals surface area (Å²) in [6, 6.07) is 0. The summed E-state index contributed by atoms with van der Waals surface area (Å²) in [5, 5.41) is 8.43. The van der Waals surface area contributed by atoms with Crippen molar-refractivity contribution in [3.63, 3.8) is 0 Å². The molecule has 6 nitrogen and oxygen atoms in total. The molecule has 4 N–H and O–H groups in total. The second kappa shape index (κ2) is 13.8. The monoisotopic (exact) mass is 288 g/mol. The first-order chi connectivity index (χ1) is 4.77. The van der Waals surface area contributed by atoms with E-state index in [0.29, 0.717) is 6.61 Å². The first kappa shape index (κ1) is 24.2. The Morgan fingerprint density at radius 3 is 1.69 bits per heavy atom. The fourth-order valence-corrected chi connectivity index (χ4v) is 0.241. The minimum atomic E-state index is -4.64. The van der Waals surface area contributed by atoms with Crippen molar-refractivity contribution < 1.29 is 48.4 Å². The van der Waals surface area contributed by atoms with Crippen LogP contribution in [-0.4, -0.2) is 77.3 Å². The quantitative estimate of drug-likeness (QED) is 0.381. The molecule has 0 heterocycles. The SMILES string of the molecule is COCC(C)O.O=P(O)(O)O.[Ca+2].[H-].[H-].[Ni]. The number of methoxy groups -OCH3 is 1. The number of aliphatic hydroxyl groups excluding tert-OH is 1. The van der Waals surface area contributed by atoms with Crippen LogP contribution in [0.2, 0.25) is 0 Å². The van der Waals surface area contributed by atoms with E-state index in [1.165, 1.54) is 0 Å². The summed E-state index contributed by atoms with van der Waals surface area (Å²) in [5.41, 5.74) is 0. The Kier molecular flexibility index (Phi) is 25.6. The second-order valence-corrected chi connectivity index (χ2v) is 2.84. The molecule has 84 valence electrons. The third-order valence-corrected chi connectivity index (χ3v) is 0.408. The van der Waals surface area contributed by atoms with Crippen LogP contribution < -0.4 is 0 Å². The van der Waals surface area contributed by atoms with Gasteiger partial charge in [-0.3, -0.25) is 0 Å². The molecule has 0 aliphatic heterocycles. The van der Waals surface area contributed by atoms with Gasteiger partial charge >= 0.3 is 45.6 Å². The van der Waals surface area contributed by atoms with E-state index in [1.807, 2.05) is 0 Å². The van der Waals surface area contributed by atoms with Crippen LogP contribution in [0.5, 0.6) is 0 Å². The van der Waals surface area contributed by atoms with E-state index in [1.54, 1.807) is 14.0 Å². The molecule has 9 heteroatoms. The van der Waals surface area contributed by atoms with Crippen molar-refractivity contribution in [2.24, 2.45) is 0 Å². The van der Waals surface area contributed by atoms with E-state index in [9.17, 15) is 0 Å². The van der Waals surface area contributed by atoms with Gasteiger partial charge in [0.15, 0.2) is 0 Å². The van der Waals surface area contributed by atoms with Crippen LogP contribution in [0.15, 0.2) is 0 Å². The van der Waals surface area contributed by atoms with E-state index >= 15 is 0 Å². The molecule has 0 aromatic rings. The second-order valence-electron chi connectivity index (χ2n) is 1.82. The molecule has 0 aromatic carbocycles. The van der Waals surface area contributed by atoms with Crippen molar-refractivity contribution in [3.05, 3.63) is 0 Å². The molecule has 0 rings (SSSR count). The molecule has 0 amide bonds. The Hall–Kier alpha value is 1.78. The van der Waals surface area contributed by atoms with Gasteiger partial charge in [-0.25, -0.2) is 4.57 Å². The maximum atomic E-state index is 8.88. The Bertz CT molecular complexity index is 128. The van der Waals surface area contributed by atoms with Crippen molar-refractivity contribution in [3.8, 4) is 0 Å². The number of hydrogen-bond donors (Lipinski definition) is 4. The predicted octanol–water partition coefficient (Wildman–Crippen LogP) is -1.07. The molecule has 0 spiro atoms. The average molecular weight is 289 g/mol. The predicted molar refractivity (Wildman–Crippen MR) is 45.8 cm³/mol. The fourth-order valence-electron chi connectivity index (χ4n) is 0.241. The molecule has 1 atom stereocenters. The molecule has 13 heavy (non-hydrogen) atoms. The molecular weight excluding hydrogens is 274 g/mol. The molecule has 0 aliphatic rings. The van der Waals surface area contributed by atoms with Gasteiger partial charge in [-0.05, 0) is 6.92 Å². The minimum Gasteiger partial charge on any atom is -1.00 e. The summed E-state index contributed by atoms with van der Waals surface area (Å²) in [7, 11) is -3.08. The number of hydrogen-bond acceptors (Lipinski definition) is 3. The normalized spacial score (nSPS) is 11.2. The van der Waals surface area contributed by atoms with Crippen molar-refractivity contribution >= 4 is 45.6 Å². The van der Waals surface area contributed by atoms with Gasteiger partial charge in [0.25, 0.3) is 0 Å². The summed E-state index contributed by atoms with van der Waals surface area (Å²) < 4.78 is 13.4. The van der Waals surface area contributed by atoms with Gasteiger partial charge in [-0.1, -0.05) is 0 Å². The van der Waals surface area contributed by atoms with E-state index in [4.69, 9.17) is 24.4 Å². The Morgan fingerprint density at radius 1 is 1.46 bits per heavy atom. The number of ether oxygens (including phenoxy) is 1. The number of rotatable bonds is 2. The topological polar surface area (TPSA) is 107 Å². The van der Waals surface area contributed by atoms with Crippen molar-refractivity contribution in [2.75, 3.05) is 13.7 Å². The first-order valence-corrected chi connectivity index (χ1v) is 4.29. The van der Waals surface area contributed by atoms with Gasteiger partial charge in [-0.2, -0.15) is 0 Å². The van der Waals surface area contributed by atoms with Crippen LogP contribution >= 0.6 is 7.82 Å². The Morgan fingerprint density at radius 2 is 1.69 bits per heavy atom. The van der Waals surface area contributed by atoms with Crippen molar-refractivity contribution in [2.45, 2.75) is 13.0 Å². The third kappa shape index (κ3) is 83.6. The zero-order valence-electron chi connectivity index (χ0n) is 9.36. The van der Waals surface area contributed by atoms with Gasteiger partial charge in [-0.15, -0.1) is 0 Å². The van der Waals surface area contributed by atoms with Crippen LogP contribution in [0, 0.1) is 0 Å². The van der Waals surface area contributed by atoms with Crippen LogP contribution in [0.3, 0.4) is 0 Å². The first-order valence-electron chi connectivity index (χ1n) is 2.72. The average Bonchev–Trinajstić information content (AvgIpc) is 1.58. The molecule has 0 aliphatic carbocycles. The van der Waals surface area contributed by atoms with Crippen LogP contribution in [0.4, 0.5) is 0 Å². The van der Waals surface area contributed by atoms with Crippen LogP contribution in [0.1, 0.15) is 9.78 Å². The molecule has 0 bridgehead atoms. The van der Waals surface area contributed by atoms with Crippen LogP contribution in [0.25, 0.3) is 0 Å². The zero-order valence-corrected chi connectivity index (χ0v) is 11.5. The molecule has 0 fully saturated rings. The Labute approximate surface area is 120 Å². The summed E-state index contributed by atoms with van der Waals surface area (Å²) in [4.78, 5) is 21.6. The largest absolute Gasteiger partial charge is 2.00 e. The zero-order chi connectivity index (χ0) is 9.49. The molecule has 0 aromatic heterocycles. The van der Waals surface area contributed by atoms with Gasteiger partial charge < -0.3 is 27.4 Å². The molecule has 0 saturated carbocycles. The molecule has 0 radical (unpaired) electrons. The summed E-state index contributed by atoms with van der Waals surface area (Å²) in [5.74, 6) is 0. The maximum Gasteiger partial charge on any atom is 2.00 e. The molecule has 1 unspecified atom stereocenters.